The van der Waals surface area contributed by atoms with Crippen molar-refractivity contribution in [2.75, 3.05) is 6.54 Å². The Balaban J connectivity index is 1.79. The Hall–Kier alpha value is -0.290. The molecule has 0 aromatic carbocycles. The summed E-state index contributed by atoms with van der Waals surface area (Å²) in [4.78, 5) is 10.9. The summed E-state index contributed by atoms with van der Waals surface area (Å²) >= 11 is 13.5. The number of rotatable bonds is 5. The van der Waals surface area contributed by atoms with Crippen LogP contribution >= 0.6 is 34.5 Å². The highest BCUT2D eigenvalue weighted by atomic mass is 35.5. The number of aliphatic carboxylic acids is 1. The molecule has 0 radical (unpaired) electrons. The third-order valence-corrected chi connectivity index (χ3v) is 5.58. The molecule has 0 saturated heterocycles. The van der Waals surface area contributed by atoms with E-state index in [0.29, 0.717) is 10.3 Å². The molecule has 1 aliphatic carbocycles. The molecular weight excluding hydrogens is 317 g/mol. The van der Waals surface area contributed by atoms with E-state index in [9.17, 15) is 4.79 Å². The maximum Gasteiger partial charge on any atom is 0.306 e. The number of halogens is 2. The molecule has 1 aliphatic rings. The van der Waals surface area contributed by atoms with Gasteiger partial charge in [0.25, 0.3) is 0 Å². The van der Waals surface area contributed by atoms with Crippen molar-refractivity contribution in [3.63, 3.8) is 0 Å². The van der Waals surface area contributed by atoms with E-state index in [1.54, 1.807) is 0 Å². The standard InChI is InChI=1S/C14H19Cl2NO2S/c1-8(11-6-12(15)20-13(11)16)17-7-9-2-4-10(5-3-9)14(18)19/h6,8-10,17H,2-5,7H2,1H3,(H,18,19). The van der Waals surface area contributed by atoms with Crippen molar-refractivity contribution in [3.05, 3.63) is 20.3 Å². The van der Waals surface area contributed by atoms with Crippen molar-refractivity contribution in [1.29, 1.82) is 0 Å². The van der Waals surface area contributed by atoms with Gasteiger partial charge < -0.3 is 10.4 Å². The van der Waals surface area contributed by atoms with Gasteiger partial charge in [0.15, 0.2) is 0 Å². The molecule has 1 fully saturated rings. The highest BCUT2D eigenvalue weighted by Gasteiger charge is 2.26. The van der Waals surface area contributed by atoms with Gasteiger partial charge in [0.2, 0.25) is 0 Å². The van der Waals surface area contributed by atoms with Crippen molar-refractivity contribution in [2.24, 2.45) is 11.8 Å². The van der Waals surface area contributed by atoms with Gasteiger partial charge in [-0.05, 0) is 56.7 Å². The van der Waals surface area contributed by atoms with E-state index < -0.39 is 5.97 Å². The van der Waals surface area contributed by atoms with Gasteiger partial charge in [-0.1, -0.05) is 23.2 Å². The lowest BCUT2D eigenvalue weighted by atomic mass is 9.82. The molecule has 0 amide bonds. The van der Waals surface area contributed by atoms with Crippen LogP contribution in [0.25, 0.3) is 0 Å². The van der Waals surface area contributed by atoms with Gasteiger partial charge in [0.05, 0.1) is 14.6 Å². The molecule has 6 heteroatoms. The summed E-state index contributed by atoms with van der Waals surface area (Å²) in [6.45, 7) is 2.98. The number of hydrogen-bond acceptors (Lipinski definition) is 3. The smallest absolute Gasteiger partial charge is 0.306 e. The normalized spacial score (nSPS) is 24.6. The first-order chi connectivity index (χ1) is 9.47. The van der Waals surface area contributed by atoms with Crippen LogP contribution in [-0.2, 0) is 4.79 Å². The zero-order valence-electron chi connectivity index (χ0n) is 11.4. The minimum absolute atomic E-state index is 0.145. The summed E-state index contributed by atoms with van der Waals surface area (Å²) in [5.41, 5.74) is 1.04. The van der Waals surface area contributed by atoms with Gasteiger partial charge in [-0.3, -0.25) is 4.79 Å². The number of carboxylic acids is 1. The lowest BCUT2D eigenvalue weighted by Gasteiger charge is -2.27. The van der Waals surface area contributed by atoms with Crippen LogP contribution in [0.4, 0.5) is 0 Å². The average molecular weight is 336 g/mol. The molecule has 20 heavy (non-hydrogen) atoms. The van der Waals surface area contributed by atoms with Crippen LogP contribution in [0, 0.1) is 11.8 Å². The number of carboxylic acid groups (broad SMARTS) is 1. The number of nitrogens with one attached hydrogen (secondary N) is 1. The van der Waals surface area contributed by atoms with E-state index >= 15 is 0 Å². The van der Waals surface area contributed by atoms with Crippen molar-refractivity contribution < 1.29 is 9.90 Å². The van der Waals surface area contributed by atoms with Crippen LogP contribution in [0.5, 0.6) is 0 Å². The van der Waals surface area contributed by atoms with E-state index in [4.69, 9.17) is 28.3 Å². The topological polar surface area (TPSA) is 49.3 Å². The van der Waals surface area contributed by atoms with Crippen LogP contribution < -0.4 is 5.32 Å². The van der Waals surface area contributed by atoms with Crippen molar-refractivity contribution in [3.8, 4) is 0 Å². The van der Waals surface area contributed by atoms with Gasteiger partial charge in [0.1, 0.15) is 0 Å². The van der Waals surface area contributed by atoms with Crippen LogP contribution in [0.3, 0.4) is 0 Å². The Morgan fingerprint density at radius 3 is 2.60 bits per heavy atom. The first kappa shape index (κ1) is 16.1. The fourth-order valence-corrected chi connectivity index (χ4v) is 4.36. The molecule has 0 bridgehead atoms. The summed E-state index contributed by atoms with van der Waals surface area (Å²) in [5, 5.41) is 12.5. The Kier molecular flexibility index (Phi) is 5.73. The first-order valence-electron chi connectivity index (χ1n) is 6.88. The quantitative estimate of drug-likeness (QED) is 0.826. The van der Waals surface area contributed by atoms with E-state index in [1.807, 2.05) is 6.07 Å². The van der Waals surface area contributed by atoms with Gasteiger partial charge in [0, 0.05) is 6.04 Å². The third kappa shape index (κ3) is 4.10. The number of carbonyl (C=O) groups is 1. The molecular formula is C14H19Cl2NO2S. The Labute approximate surface area is 133 Å². The number of thiophene rings is 1. The van der Waals surface area contributed by atoms with Crippen LogP contribution in [0.15, 0.2) is 6.07 Å². The lowest BCUT2D eigenvalue weighted by Crippen LogP contribution is -2.30. The number of hydrogen-bond donors (Lipinski definition) is 2. The molecule has 1 aromatic heterocycles. The maximum absolute atomic E-state index is 10.9. The van der Waals surface area contributed by atoms with Crippen molar-refractivity contribution in [1.82, 2.24) is 5.32 Å². The fourth-order valence-electron chi connectivity index (χ4n) is 2.72. The minimum Gasteiger partial charge on any atom is -0.481 e. The Bertz CT molecular complexity index is 470. The highest BCUT2D eigenvalue weighted by Crippen LogP contribution is 2.35. The third-order valence-electron chi connectivity index (χ3n) is 4.06. The summed E-state index contributed by atoms with van der Waals surface area (Å²) in [7, 11) is 0. The van der Waals surface area contributed by atoms with E-state index in [2.05, 4.69) is 12.2 Å². The lowest BCUT2D eigenvalue weighted by molar-refractivity contribution is -0.143. The fraction of sp³-hybridized carbons (Fsp3) is 0.643. The molecule has 1 atom stereocenters. The second kappa shape index (κ2) is 7.12. The molecule has 1 heterocycles. The predicted octanol–water partition coefficient (Wildman–Crippen LogP) is 4.60. The Morgan fingerprint density at radius 2 is 2.10 bits per heavy atom. The molecule has 1 unspecified atom stereocenters. The van der Waals surface area contributed by atoms with Crippen LogP contribution in [-0.4, -0.2) is 17.6 Å². The molecule has 1 aromatic rings. The monoisotopic (exact) mass is 335 g/mol. The molecule has 2 rings (SSSR count). The van der Waals surface area contributed by atoms with Crippen LogP contribution in [0.2, 0.25) is 8.67 Å². The van der Waals surface area contributed by atoms with E-state index in [0.717, 1.165) is 42.1 Å². The van der Waals surface area contributed by atoms with Crippen molar-refractivity contribution in [2.45, 2.75) is 38.6 Å². The Morgan fingerprint density at radius 1 is 1.45 bits per heavy atom. The van der Waals surface area contributed by atoms with Crippen molar-refractivity contribution >= 4 is 40.5 Å². The van der Waals surface area contributed by atoms with Gasteiger partial charge in [-0.15, -0.1) is 11.3 Å². The van der Waals surface area contributed by atoms with E-state index in [-0.39, 0.29) is 12.0 Å². The zero-order chi connectivity index (χ0) is 14.7. The summed E-state index contributed by atoms with van der Waals surface area (Å²) < 4.78 is 1.45. The summed E-state index contributed by atoms with van der Waals surface area (Å²) in [5.74, 6) is -0.237. The predicted molar refractivity (Wildman–Crippen MR) is 83.8 cm³/mol. The van der Waals surface area contributed by atoms with Crippen LogP contribution in [0.1, 0.15) is 44.2 Å². The van der Waals surface area contributed by atoms with Gasteiger partial charge >= 0.3 is 5.97 Å². The second-order valence-corrected chi connectivity index (χ2v) is 7.75. The summed E-state index contributed by atoms with van der Waals surface area (Å²) in [6, 6.07) is 2.08. The molecule has 0 spiro atoms. The van der Waals surface area contributed by atoms with Gasteiger partial charge in [-0.25, -0.2) is 0 Å². The SMILES string of the molecule is CC(NCC1CCC(C(=O)O)CC1)c1cc(Cl)sc1Cl. The van der Waals surface area contributed by atoms with E-state index in [1.165, 1.54) is 11.3 Å². The molecule has 2 N–H and O–H groups in total. The zero-order valence-corrected chi connectivity index (χ0v) is 13.7. The minimum atomic E-state index is -0.649. The first-order valence-corrected chi connectivity index (χ1v) is 8.45. The molecule has 0 aliphatic heterocycles. The molecule has 1 saturated carbocycles. The maximum atomic E-state index is 10.9. The largest absolute Gasteiger partial charge is 0.481 e. The molecule has 112 valence electrons. The average Bonchev–Trinajstić information content (AvgIpc) is 2.75. The van der Waals surface area contributed by atoms with Gasteiger partial charge in [-0.2, -0.15) is 0 Å². The second-order valence-electron chi connectivity index (χ2n) is 5.47. The highest BCUT2D eigenvalue weighted by molar-refractivity contribution is 7.20. The summed E-state index contributed by atoms with van der Waals surface area (Å²) in [6.07, 6.45) is 3.55. The molecule has 3 nitrogen and oxygen atoms in total.